The fourth-order valence-corrected chi connectivity index (χ4v) is 3.10. The molecule has 1 saturated heterocycles. The average Bonchev–Trinajstić information content (AvgIpc) is 2.96. The van der Waals surface area contributed by atoms with Crippen LogP contribution in [0.3, 0.4) is 0 Å². The lowest BCUT2D eigenvalue weighted by Gasteiger charge is -2.35. The van der Waals surface area contributed by atoms with E-state index in [1.807, 2.05) is 29.1 Å². The molecule has 1 N–H and O–H groups in total. The summed E-state index contributed by atoms with van der Waals surface area (Å²) in [5, 5.41) is 7.32. The first-order valence-electron chi connectivity index (χ1n) is 7.78. The van der Waals surface area contributed by atoms with Crippen molar-refractivity contribution in [2.24, 2.45) is 0 Å². The molecule has 0 aliphatic carbocycles. The molecule has 5 heteroatoms. The third-order valence-electron chi connectivity index (χ3n) is 4.26. The minimum atomic E-state index is -0.227. The van der Waals surface area contributed by atoms with Crippen molar-refractivity contribution < 1.29 is 4.79 Å². The summed E-state index contributed by atoms with van der Waals surface area (Å²) < 4.78 is 1.99. The molecule has 1 amide bonds. The Kier molecular flexibility index (Phi) is 4.24. The van der Waals surface area contributed by atoms with Crippen molar-refractivity contribution in [2.75, 3.05) is 13.1 Å². The molecule has 22 heavy (non-hydrogen) atoms. The molecule has 0 radical (unpaired) electrons. The summed E-state index contributed by atoms with van der Waals surface area (Å²) in [5.41, 5.74) is 3.39. The van der Waals surface area contributed by atoms with Gasteiger partial charge in [-0.2, -0.15) is 5.10 Å². The third kappa shape index (κ3) is 2.76. The first kappa shape index (κ1) is 14.8. The van der Waals surface area contributed by atoms with Crippen LogP contribution < -0.4 is 5.32 Å². The predicted octanol–water partition coefficient (Wildman–Crippen LogP) is 1.88. The fourth-order valence-electron chi connectivity index (χ4n) is 3.10. The minimum Gasteiger partial charge on any atom is -0.353 e. The summed E-state index contributed by atoms with van der Waals surface area (Å²) in [7, 11) is 0. The SMILES string of the molecule is CCn1nccc1CN1CCNC(=O)C1c1ccccc1C. The zero-order chi connectivity index (χ0) is 15.5. The topological polar surface area (TPSA) is 50.2 Å². The molecule has 2 heterocycles. The van der Waals surface area contributed by atoms with Crippen LogP contribution in [0.2, 0.25) is 0 Å². The van der Waals surface area contributed by atoms with Gasteiger partial charge < -0.3 is 5.32 Å². The zero-order valence-corrected chi connectivity index (χ0v) is 13.1. The second kappa shape index (κ2) is 6.32. The maximum Gasteiger partial charge on any atom is 0.242 e. The number of nitrogens with zero attached hydrogens (tertiary/aromatic N) is 3. The van der Waals surface area contributed by atoms with Crippen molar-refractivity contribution in [3.8, 4) is 0 Å². The normalized spacial score (nSPS) is 19.2. The van der Waals surface area contributed by atoms with Crippen molar-refractivity contribution >= 4 is 5.91 Å². The smallest absolute Gasteiger partial charge is 0.242 e. The van der Waals surface area contributed by atoms with E-state index in [1.54, 1.807) is 0 Å². The number of nitrogens with one attached hydrogen (secondary N) is 1. The van der Waals surface area contributed by atoms with Crippen molar-refractivity contribution in [2.45, 2.75) is 33.0 Å². The number of hydrogen-bond donors (Lipinski definition) is 1. The van der Waals surface area contributed by atoms with Crippen LogP contribution in [0, 0.1) is 6.92 Å². The molecule has 0 bridgehead atoms. The van der Waals surface area contributed by atoms with Crippen molar-refractivity contribution in [1.82, 2.24) is 20.0 Å². The van der Waals surface area contributed by atoms with Crippen LogP contribution in [0.5, 0.6) is 0 Å². The molecule has 1 aromatic heterocycles. The van der Waals surface area contributed by atoms with Crippen LogP contribution >= 0.6 is 0 Å². The monoisotopic (exact) mass is 298 g/mol. The van der Waals surface area contributed by atoms with E-state index < -0.39 is 0 Å². The van der Waals surface area contributed by atoms with E-state index in [9.17, 15) is 4.79 Å². The Morgan fingerprint density at radius 3 is 2.91 bits per heavy atom. The van der Waals surface area contributed by atoms with Gasteiger partial charge in [0, 0.05) is 32.4 Å². The molecule has 1 aliphatic heterocycles. The molecular weight excluding hydrogens is 276 g/mol. The van der Waals surface area contributed by atoms with Crippen LogP contribution in [0.4, 0.5) is 0 Å². The molecule has 1 unspecified atom stereocenters. The number of amides is 1. The summed E-state index contributed by atoms with van der Waals surface area (Å²) in [4.78, 5) is 14.7. The van der Waals surface area contributed by atoms with Crippen molar-refractivity contribution in [1.29, 1.82) is 0 Å². The van der Waals surface area contributed by atoms with Crippen LogP contribution in [0.1, 0.15) is 29.8 Å². The number of hydrogen-bond acceptors (Lipinski definition) is 3. The van der Waals surface area contributed by atoms with Gasteiger partial charge in [0.25, 0.3) is 0 Å². The summed E-state index contributed by atoms with van der Waals surface area (Å²) in [6.07, 6.45) is 1.83. The molecule has 1 fully saturated rings. The van der Waals surface area contributed by atoms with Gasteiger partial charge >= 0.3 is 0 Å². The maximum absolute atomic E-state index is 12.5. The highest BCUT2D eigenvalue weighted by atomic mass is 16.2. The molecule has 3 rings (SSSR count). The maximum atomic E-state index is 12.5. The molecule has 1 aliphatic rings. The van der Waals surface area contributed by atoms with Gasteiger partial charge in [0.15, 0.2) is 0 Å². The van der Waals surface area contributed by atoms with E-state index in [2.05, 4.69) is 41.3 Å². The van der Waals surface area contributed by atoms with E-state index in [0.717, 1.165) is 36.5 Å². The van der Waals surface area contributed by atoms with E-state index in [-0.39, 0.29) is 11.9 Å². The van der Waals surface area contributed by atoms with Gasteiger partial charge in [-0.05, 0) is 31.0 Å². The first-order chi connectivity index (χ1) is 10.7. The number of rotatable bonds is 4. The summed E-state index contributed by atoms with van der Waals surface area (Å²) in [5.74, 6) is 0.0862. The standard InChI is InChI=1S/C17H22N4O/c1-3-21-14(8-9-19-21)12-20-11-10-18-17(22)16(20)15-7-5-4-6-13(15)2/h4-9,16H,3,10-12H2,1-2H3,(H,18,22). The van der Waals surface area contributed by atoms with Crippen LogP contribution in [-0.2, 0) is 17.9 Å². The van der Waals surface area contributed by atoms with E-state index >= 15 is 0 Å². The highest BCUT2D eigenvalue weighted by molar-refractivity contribution is 5.84. The summed E-state index contributed by atoms with van der Waals surface area (Å²) in [6, 6.07) is 9.93. The lowest BCUT2D eigenvalue weighted by Crippen LogP contribution is -2.49. The lowest BCUT2D eigenvalue weighted by molar-refractivity contribution is -0.129. The van der Waals surface area contributed by atoms with Gasteiger partial charge in [-0.1, -0.05) is 24.3 Å². The Morgan fingerprint density at radius 1 is 1.32 bits per heavy atom. The lowest BCUT2D eigenvalue weighted by atomic mass is 9.97. The Labute approximate surface area is 130 Å². The van der Waals surface area contributed by atoms with Gasteiger partial charge in [0.1, 0.15) is 6.04 Å². The third-order valence-corrected chi connectivity index (χ3v) is 4.26. The van der Waals surface area contributed by atoms with Gasteiger partial charge in [-0.15, -0.1) is 0 Å². The molecule has 0 saturated carbocycles. The second-order valence-corrected chi connectivity index (χ2v) is 5.66. The Hall–Kier alpha value is -2.14. The van der Waals surface area contributed by atoms with Crippen molar-refractivity contribution in [3.05, 3.63) is 53.3 Å². The summed E-state index contributed by atoms with van der Waals surface area (Å²) in [6.45, 7) is 7.27. The molecule has 5 nitrogen and oxygen atoms in total. The van der Waals surface area contributed by atoms with E-state index in [4.69, 9.17) is 0 Å². The van der Waals surface area contributed by atoms with Crippen LogP contribution in [-0.4, -0.2) is 33.7 Å². The van der Waals surface area contributed by atoms with Gasteiger partial charge in [0.05, 0.1) is 5.69 Å². The van der Waals surface area contributed by atoms with E-state index in [1.165, 1.54) is 0 Å². The van der Waals surface area contributed by atoms with Crippen molar-refractivity contribution in [3.63, 3.8) is 0 Å². The molecule has 1 atom stereocenters. The molecule has 1 aromatic carbocycles. The fraction of sp³-hybridized carbons (Fsp3) is 0.412. The predicted molar refractivity (Wildman–Crippen MR) is 85.2 cm³/mol. The molecule has 0 spiro atoms. The quantitative estimate of drug-likeness (QED) is 0.937. The Balaban J connectivity index is 1.91. The Morgan fingerprint density at radius 2 is 2.14 bits per heavy atom. The highest BCUT2D eigenvalue weighted by Gasteiger charge is 2.32. The van der Waals surface area contributed by atoms with Gasteiger partial charge in [0.2, 0.25) is 5.91 Å². The number of piperazine rings is 1. The number of carbonyl (C=O) groups excluding carboxylic acids is 1. The van der Waals surface area contributed by atoms with Gasteiger partial charge in [-0.3, -0.25) is 14.4 Å². The molecule has 2 aromatic rings. The first-order valence-corrected chi connectivity index (χ1v) is 7.78. The molecular formula is C17H22N4O. The highest BCUT2D eigenvalue weighted by Crippen LogP contribution is 2.27. The van der Waals surface area contributed by atoms with E-state index in [0.29, 0.717) is 6.54 Å². The zero-order valence-electron chi connectivity index (χ0n) is 13.1. The Bertz CT molecular complexity index is 664. The van der Waals surface area contributed by atoms with Gasteiger partial charge in [-0.25, -0.2) is 0 Å². The average molecular weight is 298 g/mol. The number of aromatic nitrogens is 2. The summed E-state index contributed by atoms with van der Waals surface area (Å²) >= 11 is 0. The number of benzene rings is 1. The number of aryl methyl sites for hydroxylation is 2. The number of carbonyl (C=O) groups is 1. The second-order valence-electron chi connectivity index (χ2n) is 5.66. The molecule has 116 valence electrons. The minimum absolute atomic E-state index is 0.0862. The largest absolute Gasteiger partial charge is 0.353 e. The van der Waals surface area contributed by atoms with Crippen LogP contribution in [0.15, 0.2) is 36.5 Å². The van der Waals surface area contributed by atoms with Crippen LogP contribution in [0.25, 0.3) is 0 Å².